The van der Waals surface area contributed by atoms with E-state index in [1.165, 1.54) is 7.11 Å². The van der Waals surface area contributed by atoms with Gasteiger partial charge in [0.25, 0.3) is 0 Å². The van der Waals surface area contributed by atoms with Crippen molar-refractivity contribution in [2.45, 2.75) is 25.3 Å². The van der Waals surface area contributed by atoms with E-state index in [1.54, 1.807) is 6.33 Å². The van der Waals surface area contributed by atoms with Crippen molar-refractivity contribution in [1.82, 2.24) is 20.1 Å². The summed E-state index contributed by atoms with van der Waals surface area (Å²) in [7, 11) is 3.34. The molecule has 0 amide bonds. The lowest BCUT2D eigenvalue weighted by Crippen LogP contribution is -2.40. The second-order valence-electron chi connectivity index (χ2n) is 4.40. The molecule has 0 bridgehead atoms. The van der Waals surface area contributed by atoms with Crippen molar-refractivity contribution < 1.29 is 9.53 Å². The van der Waals surface area contributed by atoms with E-state index in [-0.39, 0.29) is 12.0 Å². The first kappa shape index (κ1) is 12.0. The largest absolute Gasteiger partial charge is 0.468 e. The lowest BCUT2D eigenvalue weighted by atomic mass is 10.2. The average Bonchev–Trinajstić information content (AvgIpc) is 3.08. The summed E-state index contributed by atoms with van der Waals surface area (Å²) < 4.78 is 6.67. The van der Waals surface area contributed by atoms with Crippen LogP contribution in [0.15, 0.2) is 6.33 Å². The molecule has 0 aliphatic heterocycles. The summed E-state index contributed by atoms with van der Waals surface area (Å²) in [5, 5.41) is 11.0. The van der Waals surface area contributed by atoms with Crippen LogP contribution in [0, 0.1) is 5.92 Å². The number of esters is 1. The molecule has 1 N–H and O–H groups in total. The zero-order valence-electron chi connectivity index (χ0n) is 10.2. The zero-order valence-corrected chi connectivity index (χ0v) is 10.2. The summed E-state index contributed by atoms with van der Waals surface area (Å²) in [5.41, 5.74) is 0. The molecular formula is C11H18N4O2. The molecule has 1 aromatic rings. The van der Waals surface area contributed by atoms with E-state index in [1.807, 2.05) is 11.6 Å². The minimum absolute atomic E-state index is 0.159. The van der Waals surface area contributed by atoms with E-state index in [0.717, 1.165) is 25.1 Å². The maximum absolute atomic E-state index is 11.5. The first-order valence-electron chi connectivity index (χ1n) is 5.86. The van der Waals surface area contributed by atoms with Gasteiger partial charge in [0.05, 0.1) is 7.11 Å². The molecular weight excluding hydrogens is 220 g/mol. The SMILES string of the molecule is COC(=O)C(NCCc1nncn1C)C1CC1. The van der Waals surface area contributed by atoms with E-state index >= 15 is 0 Å². The number of aryl methyl sites for hydroxylation is 1. The Morgan fingerprint density at radius 3 is 3.00 bits per heavy atom. The number of methoxy groups -OCH3 is 1. The standard InChI is InChI=1S/C11H18N4O2/c1-15-7-13-14-9(15)5-6-12-10(8-3-4-8)11(16)17-2/h7-8,10,12H,3-6H2,1-2H3. The molecule has 0 aromatic carbocycles. The van der Waals surface area contributed by atoms with Gasteiger partial charge in [-0.15, -0.1) is 10.2 Å². The molecule has 0 radical (unpaired) electrons. The smallest absolute Gasteiger partial charge is 0.323 e. The fourth-order valence-corrected chi connectivity index (χ4v) is 1.87. The van der Waals surface area contributed by atoms with Crippen molar-refractivity contribution in [3.8, 4) is 0 Å². The van der Waals surface area contributed by atoms with Gasteiger partial charge in [-0.1, -0.05) is 0 Å². The molecule has 94 valence electrons. The van der Waals surface area contributed by atoms with Gasteiger partial charge >= 0.3 is 5.97 Å². The number of carbonyl (C=O) groups is 1. The van der Waals surface area contributed by atoms with Gasteiger partial charge in [0, 0.05) is 20.0 Å². The van der Waals surface area contributed by atoms with E-state index in [9.17, 15) is 4.79 Å². The first-order valence-corrected chi connectivity index (χ1v) is 5.86. The van der Waals surface area contributed by atoms with Gasteiger partial charge < -0.3 is 14.6 Å². The minimum atomic E-state index is -0.162. The van der Waals surface area contributed by atoms with Crippen LogP contribution in [0.3, 0.4) is 0 Å². The number of aromatic nitrogens is 3. The molecule has 1 aromatic heterocycles. The highest BCUT2D eigenvalue weighted by Gasteiger charge is 2.36. The van der Waals surface area contributed by atoms with Crippen molar-refractivity contribution in [3.63, 3.8) is 0 Å². The summed E-state index contributed by atoms with van der Waals surface area (Å²) in [4.78, 5) is 11.5. The topological polar surface area (TPSA) is 69.0 Å². The van der Waals surface area contributed by atoms with Gasteiger partial charge in [0.2, 0.25) is 0 Å². The van der Waals surface area contributed by atoms with Crippen molar-refractivity contribution in [2.75, 3.05) is 13.7 Å². The van der Waals surface area contributed by atoms with Crippen LogP contribution < -0.4 is 5.32 Å². The third-order valence-electron chi connectivity index (χ3n) is 3.07. The maximum Gasteiger partial charge on any atom is 0.323 e. The lowest BCUT2D eigenvalue weighted by molar-refractivity contribution is -0.143. The fraction of sp³-hybridized carbons (Fsp3) is 0.727. The number of hydrogen-bond donors (Lipinski definition) is 1. The predicted molar refractivity (Wildman–Crippen MR) is 61.2 cm³/mol. The molecule has 17 heavy (non-hydrogen) atoms. The Labute approximate surface area is 100 Å². The summed E-state index contributed by atoms with van der Waals surface area (Å²) in [6.45, 7) is 0.711. The summed E-state index contributed by atoms with van der Waals surface area (Å²) in [5.74, 6) is 1.20. The van der Waals surface area contributed by atoms with Gasteiger partial charge in [0.15, 0.2) is 0 Å². The monoisotopic (exact) mass is 238 g/mol. The van der Waals surface area contributed by atoms with Crippen LogP contribution in [0.5, 0.6) is 0 Å². The van der Waals surface area contributed by atoms with Gasteiger partial charge in [-0.2, -0.15) is 0 Å². The third kappa shape index (κ3) is 3.03. The Bertz CT molecular complexity index is 387. The molecule has 6 nitrogen and oxygen atoms in total. The summed E-state index contributed by atoms with van der Waals surface area (Å²) >= 11 is 0. The first-order chi connectivity index (χ1) is 8.22. The number of nitrogens with one attached hydrogen (secondary N) is 1. The van der Waals surface area contributed by atoms with Crippen LogP contribution in [0.4, 0.5) is 0 Å². The normalized spacial score (nSPS) is 16.8. The van der Waals surface area contributed by atoms with Crippen molar-refractivity contribution in [3.05, 3.63) is 12.2 Å². The third-order valence-corrected chi connectivity index (χ3v) is 3.07. The Kier molecular flexibility index (Phi) is 3.73. The van der Waals surface area contributed by atoms with Crippen LogP contribution in [-0.2, 0) is 23.0 Å². The fourth-order valence-electron chi connectivity index (χ4n) is 1.87. The summed E-state index contributed by atoms with van der Waals surface area (Å²) in [6, 6.07) is -0.159. The van der Waals surface area contributed by atoms with Gasteiger partial charge in [-0.05, 0) is 18.8 Å². The quantitative estimate of drug-likeness (QED) is 0.701. The molecule has 2 rings (SSSR count). The minimum Gasteiger partial charge on any atom is -0.468 e. The van der Waals surface area contributed by atoms with Gasteiger partial charge in [-0.25, -0.2) is 0 Å². The molecule has 1 unspecified atom stereocenters. The number of ether oxygens (including phenoxy) is 1. The number of carbonyl (C=O) groups excluding carboxylic acids is 1. The summed E-state index contributed by atoms with van der Waals surface area (Å²) in [6.07, 6.45) is 4.65. The van der Waals surface area contributed by atoms with E-state index in [2.05, 4.69) is 15.5 Å². The molecule has 1 heterocycles. The van der Waals surface area contributed by atoms with Crippen molar-refractivity contribution >= 4 is 5.97 Å². The molecule has 0 saturated heterocycles. The van der Waals surface area contributed by atoms with Gasteiger partial charge in [-0.3, -0.25) is 4.79 Å². The van der Waals surface area contributed by atoms with Crippen molar-refractivity contribution in [1.29, 1.82) is 0 Å². The second-order valence-corrected chi connectivity index (χ2v) is 4.40. The average molecular weight is 238 g/mol. The molecule has 1 saturated carbocycles. The molecule has 1 fully saturated rings. The Morgan fingerprint density at radius 2 is 2.47 bits per heavy atom. The lowest BCUT2D eigenvalue weighted by Gasteiger charge is -2.15. The van der Waals surface area contributed by atoms with Crippen LogP contribution in [0.25, 0.3) is 0 Å². The Balaban J connectivity index is 1.80. The second kappa shape index (κ2) is 5.27. The molecule has 1 atom stereocenters. The zero-order chi connectivity index (χ0) is 12.3. The van der Waals surface area contributed by atoms with Crippen LogP contribution >= 0.6 is 0 Å². The Hall–Kier alpha value is -1.43. The van der Waals surface area contributed by atoms with E-state index in [0.29, 0.717) is 12.5 Å². The molecule has 1 aliphatic carbocycles. The highest BCUT2D eigenvalue weighted by Crippen LogP contribution is 2.33. The molecule has 1 aliphatic rings. The van der Waals surface area contributed by atoms with Crippen LogP contribution in [0.2, 0.25) is 0 Å². The number of nitrogens with zero attached hydrogens (tertiary/aromatic N) is 3. The number of rotatable bonds is 6. The molecule has 0 spiro atoms. The highest BCUT2D eigenvalue weighted by atomic mass is 16.5. The highest BCUT2D eigenvalue weighted by molar-refractivity contribution is 5.76. The number of hydrogen-bond acceptors (Lipinski definition) is 5. The Morgan fingerprint density at radius 1 is 1.71 bits per heavy atom. The van der Waals surface area contributed by atoms with Crippen LogP contribution in [-0.4, -0.2) is 40.4 Å². The van der Waals surface area contributed by atoms with E-state index < -0.39 is 0 Å². The van der Waals surface area contributed by atoms with E-state index in [4.69, 9.17) is 4.74 Å². The van der Waals surface area contributed by atoms with Crippen molar-refractivity contribution in [2.24, 2.45) is 13.0 Å². The predicted octanol–water partition coefficient (Wildman–Crippen LogP) is -0.101. The molecule has 6 heteroatoms. The van der Waals surface area contributed by atoms with Gasteiger partial charge in [0.1, 0.15) is 18.2 Å². The maximum atomic E-state index is 11.5. The van der Waals surface area contributed by atoms with Crippen LogP contribution in [0.1, 0.15) is 18.7 Å².